The van der Waals surface area contributed by atoms with Crippen LogP contribution in [0, 0.1) is 15.3 Å². The summed E-state index contributed by atoms with van der Waals surface area (Å²) in [6, 6.07) is 5.61. The molecule has 7 heteroatoms. The number of nitro groups is 1. The summed E-state index contributed by atoms with van der Waals surface area (Å²) in [7, 11) is 1.33. The van der Waals surface area contributed by atoms with Gasteiger partial charge in [0.1, 0.15) is 0 Å². The molecule has 7 nitrogen and oxygen atoms in total. The zero-order chi connectivity index (χ0) is 10.6. The molecule has 1 atom stereocenters. The van der Waals surface area contributed by atoms with Crippen LogP contribution in [-0.4, -0.2) is 12.0 Å². The summed E-state index contributed by atoms with van der Waals surface area (Å²) < 4.78 is 0. The molecule has 0 bridgehead atoms. The van der Waals surface area contributed by atoms with Crippen LogP contribution >= 0.6 is 0 Å². The molecular weight excluding hydrogens is 188 g/mol. The molecule has 0 aromatic heterocycles. The van der Waals surface area contributed by atoms with E-state index in [2.05, 4.69) is 10.3 Å². The van der Waals surface area contributed by atoms with Crippen molar-refractivity contribution in [2.45, 2.75) is 0 Å². The number of quaternary nitrogens is 1. The monoisotopic (exact) mass is 196 g/mol. The second-order valence-electron chi connectivity index (χ2n) is 2.38. The maximum absolute atomic E-state index is 11.2. The molecule has 1 unspecified atom stereocenters. The van der Waals surface area contributed by atoms with Gasteiger partial charge in [0.15, 0.2) is 0 Å². The second kappa shape index (κ2) is 4.40. The summed E-state index contributed by atoms with van der Waals surface area (Å²) in [5, 5.41) is 27.5. The van der Waals surface area contributed by atoms with Crippen LogP contribution in [0.15, 0.2) is 34.6 Å². The van der Waals surface area contributed by atoms with Crippen molar-refractivity contribution in [1.82, 2.24) is 0 Å². The molecule has 0 radical (unpaired) electrons. The average molecular weight is 196 g/mol. The molecule has 1 aromatic carbocycles. The van der Waals surface area contributed by atoms with Crippen LogP contribution in [0.4, 0.5) is 11.4 Å². The van der Waals surface area contributed by atoms with Gasteiger partial charge in [-0.3, -0.25) is 10.1 Å². The minimum Gasteiger partial charge on any atom is -0.599 e. The smallest absolute Gasteiger partial charge is 0.332 e. The molecule has 1 aromatic rings. The van der Waals surface area contributed by atoms with Gasteiger partial charge in [-0.2, -0.15) is 5.17 Å². The van der Waals surface area contributed by atoms with Crippen molar-refractivity contribution < 1.29 is 10.1 Å². The number of nitro benzene ring substituents is 1. The van der Waals surface area contributed by atoms with Gasteiger partial charge in [0.05, 0.1) is 12.0 Å². The lowest BCUT2D eigenvalue weighted by Crippen LogP contribution is -2.96. The van der Waals surface area contributed by atoms with Gasteiger partial charge in [-0.1, -0.05) is 12.1 Å². The van der Waals surface area contributed by atoms with E-state index >= 15 is 0 Å². The number of hydrogen-bond acceptors (Lipinski definition) is 5. The van der Waals surface area contributed by atoms with Gasteiger partial charge in [-0.25, -0.2) is 0 Å². The fourth-order valence-corrected chi connectivity index (χ4v) is 0.958. The molecule has 1 N–H and O–H groups in total. The quantitative estimate of drug-likeness (QED) is 0.435. The highest BCUT2D eigenvalue weighted by Crippen LogP contribution is 2.18. The summed E-state index contributed by atoms with van der Waals surface area (Å²) in [6.07, 6.45) is 0. The van der Waals surface area contributed by atoms with E-state index in [0.29, 0.717) is 0 Å². The number of benzene rings is 1. The average Bonchev–Trinajstić information content (AvgIpc) is 2.18. The molecule has 1 rings (SSSR count). The molecule has 14 heavy (non-hydrogen) atoms. The minimum atomic E-state index is -0.709. The number of nitrogens with one attached hydrogen (secondary N) is 1. The maximum atomic E-state index is 11.2. The highest BCUT2D eigenvalue weighted by atomic mass is 16.6. The van der Waals surface area contributed by atoms with Crippen molar-refractivity contribution in [3.05, 3.63) is 39.6 Å². The predicted molar refractivity (Wildman–Crippen MR) is 47.9 cm³/mol. The molecule has 0 saturated carbocycles. The molecule has 0 aliphatic heterocycles. The van der Waals surface area contributed by atoms with Crippen molar-refractivity contribution in [2.75, 3.05) is 7.05 Å². The fraction of sp³-hybridized carbons (Fsp3) is 0.143. The fourth-order valence-electron chi connectivity index (χ4n) is 0.958. The van der Waals surface area contributed by atoms with Crippen LogP contribution in [0.25, 0.3) is 0 Å². The number of hydrogen-bond donors (Lipinski definition) is 1. The Labute approximate surface area is 79.4 Å². The Hall–Kier alpha value is -1.86. The normalized spacial score (nSPS) is 13.0. The van der Waals surface area contributed by atoms with Crippen LogP contribution in [0.5, 0.6) is 0 Å². The molecule has 0 aliphatic carbocycles. The first-order valence-corrected chi connectivity index (χ1v) is 3.74. The van der Waals surface area contributed by atoms with E-state index in [1.54, 1.807) is 0 Å². The summed E-state index contributed by atoms with van der Waals surface area (Å²) in [5.41, 5.74) is -0.312. The Morgan fingerprint density at radius 2 is 2.07 bits per heavy atom. The van der Waals surface area contributed by atoms with Crippen molar-refractivity contribution >= 4 is 11.4 Å². The highest BCUT2D eigenvalue weighted by molar-refractivity contribution is 5.51. The summed E-state index contributed by atoms with van der Waals surface area (Å²) in [5.74, 6) is 0. The van der Waals surface area contributed by atoms with E-state index in [4.69, 9.17) is 0 Å². The van der Waals surface area contributed by atoms with Crippen LogP contribution in [0.3, 0.4) is 0 Å². The van der Waals surface area contributed by atoms with Gasteiger partial charge in [-0.05, 0) is 0 Å². The van der Waals surface area contributed by atoms with Gasteiger partial charge in [0.25, 0.3) is 0 Å². The Morgan fingerprint density at radius 1 is 1.43 bits per heavy atom. The van der Waals surface area contributed by atoms with Crippen LogP contribution < -0.4 is 5.17 Å². The van der Waals surface area contributed by atoms with Gasteiger partial charge in [-0.15, -0.1) is 5.11 Å². The first-order valence-electron chi connectivity index (χ1n) is 3.74. The molecule has 0 amide bonds. The number of para-hydroxylation sites is 1. The Morgan fingerprint density at radius 3 is 2.64 bits per heavy atom. The van der Waals surface area contributed by atoms with Crippen molar-refractivity contribution in [3.63, 3.8) is 0 Å². The largest absolute Gasteiger partial charge is 0.599 e. The SMILES string of the molecule is CN=N[NH+]([O-])c1ccccc1[N+](=O)[O-]. The zero-order valence-corrected chi connectivity index (χ0v) is 7.38. The third kappa shape index (κ3) is 2.09. The molecule has 0 saturated heterocycles. The van der Waals surface area contributed by atoms with E-state index in [1.165, 1.54) is 31.3 Å². The minimum absolute atomic E-state index is 0.0527. The lowest BCUT2D eigenvalue weighted by Gasteiger charge is -2.11. The van der Waals surface area contributed by atoms with Gasteiger partial charge in [0, 0.05) is 17.4 Å². The van der Waals surface area contributed by atoms with Crippen molar-refractivity contribution in [1.29, 1.82) is 0 Å². The molecule has 0 aliphatic rings. The summed E-state index contributed by atoms with van der Waals surface area (Å²) in [4.78, 5) is 9.88. The molecular formula is C7H8N4O3. The van der Waals surface area contributed by atoms with Gasteiger partial charge >= 0.3 is 5.69 Å². The third-order valence-electron chi connectivity index (χ3n) is 1.52. The van der Waals surface area contributed by atoms with Crippen LogP contribution in [-0.2, 0) is 0 Å². The van der Waals surface area contributed by atoms with Crippen LogP contribution in [0.2, 0.25) is 0 Å². The van der Waals surface area contributed by atoms with E-state index in [1.807, 2.05) is 0 Å². The van der Waals surface area contributed by atoms with Crippen molar-refractivity contribution in [2.24, 2.45) is 10.3 Å². The van der Waals surface area contributed by atoms with Crippen LogP contribution in [0.1, 0.15) is 0 Å². The number of nitrogens with zero attached hydrogens (tertiary/aromatic N) is 3. The Bertz CT molecular complexity index is 366. The Kier molecular flexibility index (Phi) is 3.21. The van der Waals surface area contributed by atoms with E-state index in [-0.39, 0.29) is 11.4 Å². The molecule has 0 fully saturated rings. The second-order valence-corrected chi connectivity index (χ2v) is 2.38. The standard InChI is InChI=1S/C7H8N4O3/c1-8-9-10(12)6-4-2-3-5-7(6)11(13)14/h2-5,10H,1H3. The topological polar surface area (TPSA) is 95.4 Å². The molecule has 74 valence electrons. The summed E-state index contributed by atoms with van der Waals surface area (Å²) in [6.45, 7) is 0. The lowest BCUT2D eigenvalue weighted by molar-refractivity contribution is -0.791. The van der Waals surface area contributed by atoms with Gasteiger partial charge < -0.3 is 5.21 Å². The highest BCUT2D eigenvalue weighted by Gasteiger charge is 2.18. The first-order chi connectivity index (χ1) is 6.66. The zero-order valence-electron chi connectivity index (χ0n) is 7.38. The van der Waals surface area contributed by atoms with E-state index < -0.39 is 10.1 Å². The number of rotatable bonds is 3. The molecule has 0 heterocycles. The Balaban J connectivity index is 3.12. The predicted octanol–water partition coefficient (Wildman–Crippen LogP) is 0.606. The summed E-state index contributed by atoms with van der Waals surface area (Å²) >= 11 is 0. The van der Waals surface area contributed by atoms with E-state index in [0.717, 1.165) is 0 Å². The first kappa shape index (κ1) is 10.2. The van der Waals surface area contributed by atoms with Crippen molar-refractivity contribution in [3.8, 4) is 0 Å². The third-order valence-corrected chi connectivity index (χ3v) is 1.52. The lowest BCUT2D eigenvalue weighted by atomic mass is 10.3. The van der Waals surface area contributed by atoms with Gasteiger partial charge in [0.2, 0.25) is 5.69 Å². The maximum Gasteiger partial charge on any atom is 0.332 e. The van der Waals surface area contributed by atoms with E-state index in [9.17, 15) is 15.3 Å². The molecule has 0 spiro atoms.